The molecule has 2 rings (SSSR count). The van der Waals surface area contributed by atoms with Crippen molar-refractivity contribution < 1.29 is 14.5 Å². The number of hydrogen-bond donors (Lipinski definition) is 2. The molecule has 20 heavy (non-hydrogen) atoms. The van der Waals surface area contributed by atoms with Gasteiger partial charge in [0.05, 0.1) is 17.6 Å². The van der Waals surface area contributed by atoms with Crippen molar-refractivity contribution in [2.45, 2.75) is 6.10 Å². The lowest BCUT2D eigenvalue weighted by Crippen LogP contribution is -2.45. The molecule has 1 amide bonds. The lowest BCUT2D eigenvalue weighted by Gasteiger charge is -2.23. The van der Waals surface area contributed by atoms with Gasteiger partial charge in [0.2, 0.25) is 0 Å². The molecule has 108 valence electrons. The van der Waals surface area contributed by atoms with Crippen molar-refractivity contribution in [3.05, 3.63) is 38.3 Å². The lowest BCUT2D eigenvalue weighted by atomic mass is 10.2. The number of amides is 1. The molecule has 1 aliphatic rings. The highest BCUT2D eigenvalue weighted by Crippen LogP contribution is 2.21. The van der Waals surface area contributed by atoms with Gasteiger partial charge in [-0.25, -0.2) is 0 Å². The molecule has 2 N–H and O–H groups in total. The fourth-order valence-electron chi connectivity index (χ4n) is 1.87. The number of morpholine rings is 1. The van der Waals surface area contributed by atoms with Crippen molar-refractivity contribution >= 4 is 27.5 Å². The highest BCUT2D eigenvalue weighted by molar-refractivity contribution is 9.10. The molecule has 1 aliphatic heterocycles. The maximum Gasteiger partial charge on any atom is 0.271 e. The molecule has 0 aromatic heterocycles. The molecule has 1 aromatic rings. The summed E-state index contributed by atoms with van der Waals surface area (Å²) >= 11 is 3.16. The fraction of sp³-hybridized carbons (Fsp3) is 0.417. The van der Waals surface area contributed by atoms with E-state index in [1.807, 2.05) is 0 Å². The predicted octanol–water partition coefficient (Wildman–Crippen LogP) is 1.08. The molecule has 0 saturated carbocycles. The Kier molecular flexibility index (Phi) is 5.05. The molecule has 1 saturated heterocycles. The smallest absolute Gasteiger partial charge is 0.271 e. The van der Waals surface area contributed by atoms with Crippen LogP contribution in [0.15, 0.2) is 22.7 Å². The van der Waals surface area contributed by atoms with E-state index in [9.17, 15) is 14.9 Å². The summed E-state index contributed by atoms with van der Waals surface area (Å²) in [6.07, 6.45) is -0.0742. The molecular weight excluding hydrogens is 330 g/mol. The zero-order chi connectivity index (χ0) is 14.5. The van der Waals surface area contributed by atoms with E-state index in [-0.39, 0.29) is 23.3 Å². The number of nitro benzene ring substituents is 1. The van der Waals surface area contributed by atoms with E-state index >= 15 is 0 Å². The number of rotatable bonds is 4. The number of carbonyl (C=O) groups excluding carboxylic acids is 1. The van der Waals surface area contributed by atoms with Crippen LogP contribution in [0.1, 0.15) is 10.4 Å². The van der Waals surface area contributed by atoms with Crippen LogP contribution in [0.4, 0.5) is 5.69 Å². The van der Waals surface area contributed by atoms with E-state index in [4.69, 9.17) is 4.74 Å². The number of halogens is 1. The third kappa shape index (κ3) is 3.99. The van der Waals surface area contributed by atoms with Gasteiger partial charge in [0.1, 0.15) is 0 Å². The highest BCUT2D eigenvalue weighted by Gasteiger charge is 2.17. The van der Waals surface area contributed by atoms with Crippen LogP contribution in [0.25, 0.3) is 0 Å². The molecule has 0 aliphatic carbocycles. The summed E-state index contributed by atoms with van der Waals surface area (Å²) in [4.78, 5) is 22.2. The number of ether oxygens (including phenoxy) is 1. The van der Waals surface area contributed by atoms with Gasteiger partial charge in [-0.05, 0) is 6.07 Å². The van der Waals surface area contributed by atoms with Gasteiger partial charge in [0.15, 0.2) is 0 Å². The second kappa shape index (κ2) is 6.78. The minimum atomic E-state index is -0.532. The average Bonchev–Trinajstić information content (AvgIpc) is 2.45. The van der Waals surface area contributed by atoms with E-state index in [2.05, 4.69) is 26.6 Å². The summed E-state index contributed by atoms with van der Waals surface area (Å²) in [5, 5.41) is 16.6. The van der Waals surface area contributed by atoms with E-state index < -0.39 is 4.92 Å². The van der Waals surface area contributed by atoms with Crippen LogP contribution in [0.3, 0.4) is 0 Å². The summed E-state index contributed by atoms with van der Waals surface area (Å²) in [5.41, 5.74) is 0.120. The maximum absolute atomic E-state index is 12.0. The monoisotopic (exact) mass is 343 g/mol. The van der Waals surface area contributed by atoms with Crippen LogP contribution in [-0.4, -0.2) is 43.2 Å². The van der Waals surface area contributed by atoms with Crippen LogP contribution < -0.4 is 10.6 Å². The average molecular weight is 344 g/mol. The molecule has 0 bridgehead atoms. The molecule has 7 nitrogen and oxygen atoms in total. The minimum Gasteiger partial charge on any atom is -0.374 e. The topological polar surface area (TPSA) is 93.5 Å². The molecule has 0 radical (unpaired) electrons. The van der Waals surface area contributed by atoms with Crippen molar-refractivity contribution in [3.8, 4) is 0 Å². The first kappa shape index (κ1) is 14.9. The second-order valence-electron chi connectivity index (χ2n) is 4.36. The van der Waals surface area contributed by atoms with Gasteiger partial charge in [0.25, 0.3) is 11.6 Å². The van der Waals surface area contributed by atoms with Gasteiger partial charge in [-0.15, -0.1) is 0 Å². The predicted molar refractivity (Wildman–Crippen MR) is 75.7 cm³/mol. The molecule has 1 fully saturated rings. The molecule has 1 unspecified atom stereocenters. The van der Waals surface area contributed by atoms with Crippen molar-refractivity contribution in [3.63, 3.8) is 0 Å². The van der Waals surface area contributed by atoms with E-state index in [1.165, 1.54) is 12.1 Å². The zero-order valence-electron chi connectivity index (χ0n) is 10.6. The Morgan fingerprint density at radius 2 is 2.35 bits per heavy atom. The van der Waals surface area contributed by atoms with Crippen molar-refractivity contribution in [2.24, 2.45) is 0 Å². The number of nitrogens with one attached hydrogen (secondary N) is 2. The summed E-state index contributed by atoms with van der Waals surface area (Å²) < 4.78 is 5.95. The van der Waals surface area contributed by atoms with Crippen molar-refractivity contribution in [2.75, 3.05) is 26.2 Å². The highest BCUT2D eigenvalue weighted by atomic mass is 79.9. The van der Waals surface area contributed by atoms with Crippen LogP contribution in [0.2, 0.25) is 0 Å². The van der Waals surface area contributed by atoms with Crippen molar-refractivity contribution in [1.82, 2.24) is 10.6 Å². The normalized spacial score (nSPS) is 18.6. The Balaban J connectivity index is 1.99. The molecule has 8 heteroatoms. The van der Waals surface area contributed by atoms with E-state index in [1.54, 1.807) is 6.07 Å². The maximum atomic E-state index is 12.0. The summed E-state index contributed by atoms with van der Waals surface area (Å²) in [5.74, 6) is -0.358. The molecule has 0 spiro atoms. The second-order valence-corrected chi connectivity index (χ2v) is 5.28. The molecular formula is C12H14BrN3O4. The summed E-state index contributed by atoms with van der Waals surface area (Å²) in [6, 6.07) is 4.15. The third-order valence-electron chi connectivity index (χ3n) is 2.85. The van der Waals surface area contributed by atoms with Gasteiger partial charge < -0.3 is 15.4 Å². The Morgan fingerprint density at radius 1 is 1.55 bits per heavy atom. The molecule has 1 heterocycles. The van der Waals surface area contributed by atoms with Gasteiger partial charge in [-0.1, -0.05) is 15.9 Å². The van der Waals surface area contributed by atoms with Gasteiger partial charge in [0, 0.05) is 41.8 Å². The van der Waals surface area contributed by atoms with E-state index in [0.717, 1.165) is 6.54 Å². The Morgan fingerprint density at radius 3 is 3.00 bits per heavy atom. The van der Waals surface area contributed by atoms with Crippen LogP contribution in [0.5, 0.6) is 0 Å². The fourth-order valence-corrected chi connectivity index (χ4v) is 2.35. The number of hydrogen-bond acceptors (Lipinski definition) is 5. The number of nitrogens with zero attached hydrogens (tertiary/aromatic N) is 1. The van der Waals surface area contributed by atoms with Gasteiger partial charge in [-0.2, -0.15) is 0 Å². The number of nitro groups is 1. The zero-order valence-corrected chi connectivity index (χ0v) is 12.2. The minimum absolute atomic E-state index is 0.0742. The Bertz CT molecular complexity index is 517. The van der Waals surface area contributed by atoms with Crippen LogP contribution >= 0.6 is 15.9 Å². The van der Waals surface area contributed by atoms with E-state index in [0.29, 0.717) is 24.2 Å². The molecule has 1 atom stereocenters. The van der Waals surface area contributed by atoms with Gasteiger partial charge in [-0.3, -0.25) is 14.9 Å². The quantitative estimate of drug-likeness (QED) is 0.630. The van der Waals surface area contributed by atoms with Crippen LogP contribution in [-0.2, 0) is 4.74 Å². The third-order valence-corrected chi connectivity index (χ3v) is 3.31. The first-order chi connectivity index (χ1) is 9.56. The largest absolute Gasteiger partial charge is 0.374 e. The number of carbonyl (C=O) groups is 1. The number of non-ortho nitro benzene ring substituents is 1. The Hall–Kier alpha value is -1.51. The first-order valence-electron chi connectivity index (χ1n) is 6.12. The lowest BCUT2D eigenvalue weighted by molar-refractivity contribution is -0.385. The van der Waals surface area contributed by atoms with Gasteiger partial charge >= 0.3 is 0 Å². The Labute approximate surface area is 124 Å². The first-order valence-corrected chi connectivity index (χ1v) is 6.91. The summed E-state index contributed by atoms with van der Waals surface area (Å²) in [6.45, 7) is 2.47. The SMILES string of the molecule is O=C(NCC1CNCCO1)c1cc(Br)cc([N+](=O)[O-])c1. The standard InChI is InChI=1S/C12H14BrN3O4/c13-9-3-8(4-10(5-9)16(18)19)12(17)15-7-11-6-14-1-2-20-11/h3-5,11,14H,1-2,6-7H2,(H,15,17). The summed E-state index contributed by atoms with van der Waals surface area (Å²) in [7, 11) is 0. The van der Waals surface area contributed by atoms with Crippen molar-refractivity contribution in [1.29, 1.82) is 0 Å². The van der Waals surface area contributed by atoms with Crippen LogP contribution in [0, 0.1) is 10.1 Å². The molecule has 1 aromatic carbocycles. The number of benzene rings is 1.